The van der Waals surface area contributed by atoms with Crippen molar-refractivity contribution >= 4 is 17.6 Å². The van der Waals surface area contributed by atoms with Gasteiger partial charge in [-0.1, -0.05) is 0 Å². The number of nitriles is 1. The molecule has 1 aromatic carbocycles. The van der Waals surface area contributed by atoms with Crippen LogP contribution in [0.15, 0.2) is 36.0 Å². The number of ether oxygens (including phenoxy) is 1. The third kappa shape index (κ3) is 6.09. The number of piperazine rings is 1. The first-order chi connectivity index (χ1) is 13.1. The summed E-state index contributed by atoms with van der Waals surface area (Å²) in [5.41, 5.74) is 6.51. The van der Waals surface area contributed by atoms with Crippen LogP contribution in [-0.2, 0) is 9.53 Å². The predicted molar refractivity (Wildman–Crippen MR) is 102 cm³/mol. The number of carbonyl (C=O) groups excluding carboxylic acids is 2. The van der Waals surface area contributed by atoms with E-state index in [-0.39, 0.29) is 5.57 Å². The minimum Gasteiger partial charge on any atom is -0.462 e. The maximum atomic E-state index is 12.4. The van der Waals surface area contributed by atoms with Crippen molar-refractivity contribution in [2.75, 3.05) is 51.2 Å². The van der Waals surface area contributed by atoms with E-state index in [4.69, 9.17) is 10.5 Å². The molecule has 1 fully saturated rings. The molecule has 8 nitrogen and oxygen atoms in total. The molecule has 1 aliphatic rings. The fourth-order valence-electron chi connectivity index (χ4n) is 2.72. The second-order valence-corrected chi connectivity index (χ2v) is 6.07. The molecule has 1 saturated heterocycles. The summed E-state index contributed by atoms with van der Waals surface area (Å²) in [6.45, 7) is 6.70. The number of nitrogens with two attached hydrogens (primary N) is 1. The summed E-state index contributed by atoms with van der Waals surface area (Å²) in [7, 11) is 0. The first-order valence-electron chi connectivity index (χ1n) is 8.94. The quantitative estimate of drug-likeness (QED) is 0.414. The van der Waals surface area contributed by atoms with E-state index in [0.29, 0.717) is 24.4 Å². The second kappa shape index (κ2) is 10.3. The van der Waals surface area contributed by atoms with Gasteiger partial charge in [-0.3, -0.25) is 9.69 Å². The van der Waals surface area contributed by atoms with Crippen molar-refractivity contribution in [2.24, 2.45) is 5.73 Å². The fourth-order valence-corrected chi connectivity index (χ4v) is 2.72. The van der Waals surface area contributed by atoms with Gasteiger partial charge in [0.2, 0.25) is 0 Å². The molecule has 8 heteroatoms. The van der Waals surface area contributed by atoms with E-state index < -0.39 is 11.9 Å². The molecule has 144 valence electrons. The monoisotopic (exact) mass is 371 g/mol. The number of nitrogens with zero attached hydrogens (tertiary/aromatic N) is 3. The normalized spacial score (nSPS) is 15.1. The molecule has 27 heavy (non-hydrogen) atoms. The molecule has 0 saturated carbocycles. The van der Waals surface area contributed by atoms with Gasteiger partial charge in [0.15, 0.2) is 0 Å². The standard InChI is InChI=1S/C19H25N5O3/c1-2-27-19(26)15-3-5-17(6-4-15)22-18(25)16(13-21)14-24-11-9-23(8-7-20)10-12-24/h3-6,14H,2,7-12,20H2,1H3,(H,22,25)/b16-14-. The van der Waals surface area contributed by atoms with E-state index >= 15 is 0 Å². The van der Waals surface area contributed by atoms with E-state index in [1.165, 1.54) is 0 Å². The van der Waals surface area contributed by atoms with Gasteiger partial charge < -0.3 is 20.7 Å². The summed E-state index contributed by atoms with van der Waals surface area (Å²) in [5.74, 6) is -0.896. The Balaban J connectivity index is 1.95. The first-order valence-corrected chi connectivity index (χ1v) is 8.94. The van der Waals surface area contributed by atoms with Gasteiger partial charge >= 0.3 is 5.97 Å². The van der Waals surface area contributed by atoms with Crippen molar-refractivity contribution in [1.82, 2.24) is 9.80 Å². The molecule has 1 heterocycles. The van der Waals surface area contributed by atoms with Crippen molar-refractivity contribution in [1.29, 1.82) is 5.26 Å². The second-order valence-electron chi connectivity index (χ2n) is 6.07. The van der Waals surface area contributed by atoms with Crippen LogP contribution in [0.1, 0.15) is 17.3 Å². The Morgan fingerprint density at radius 3 is 2.48 bits per heavy atom. The summed E-state index contributed by atoms with van der Waals surface area (Å²) in [6, 6.07) is 8.29. The Labute approximate surface area is 159 Å². The molecule has 0 unspecified atom stereocenters. The van der Waals surface area contributed by atoms with Gasteiger partial charge in [0.05, 0.1) is 12.2 Å². The molecule has 0 radical (unpaired) electrons. The van der Waals surface area contributed by atoms with Crippen molar-refractivity contribution in [3.8, 4) is 6.07 Å². The van der Waals surface area contributed by atoms with Crippen LogP contribution in [-0.4, -0.2) is 67.6 Å². The highest BCUT2D eigenvalue weighted by Gasteiger charge is 2.17. The Hall–Kier alpha value is -2.89. The lowest BCUT2D eigenvalue weighted by molar-refractivity contribution is -0.112. The minimum absolute atomic E-state index is 0.0387. The molecule has 0 bridgehead atoms. The molecule has 2 rings (SSSR count). The summed E-state index contributed by atoms with van der Waals surface area (Å²) in [6.07, 6.45) is 1.60. The van der Waals surface area contributed by atoms with E-state index in [1.807, 2.05) is 11.0 Å². The van der Waals surface area contributed by atoms with Crippen molar-refractivity contribution in [2.45, 2.75) is 6.92 Å². The average molecular weight is 371 g/mol. The molecule has 0 atom stereocenters. The maximum Gasteiger partial charge on any atom is 0.338 e. The number of carbonyl (C=O) groups is 2. The lowest BCUT2D eigenvalue weighted by Crippen LogP contribution is -2.45. The highest BCUT2D eigenvalue weighted by molar-refractivity contribution is 6.06. The van der Waals surface area contributed by atoms with E-state index in [9.17, 15) is 14.9 Å². The highest BCUT2D eigenvalue weighted by Crippen LogP contribution is 2.12. The molecule has 0 spiro atoms. The fraction of sp³-hybridized carbons (Fsp3) is 0.421. The van der Waals surface area contributed by atoms with E-state index in [1.54, 1.807) is 37.4 Å². The van der Waals surface area contributed by atoms with Crippen LogP contribution in [0.4, 0.5) is 5.69 Å². The van der Waals surface area contributed by atoms with Crippen molar-refractivity contribution in [3.05, 3.63) is 41.6 Å². The number of esters is 1. The average Bonchev–Trinajstić information content (AvgIpc) is 2.68. The number of anilines is 1. The van der Waals surface area contributed by atoms with Crippen LogP contribution in [0.5, 0.6) is 0 Å². The molecule has 1 amide bonds. The van der Waals surface area contributed by atoms with Gasteiger partial charge in [0, 0.05) is 51.2 Å². The van der Waals surface area contributed by atoms with Crippen LogP contribution in [0.3, 0.4) is 0 Å². The molecule has 0 aliphatic carbocycles. The van der Waals surface area contributed by atoms with Gasteiger partial charge in [0.1, 0.15) is 11.6 Å². The summed E-state index contributed by atoms with van der Waals surface area (Å²) in [4.78, 5) is 28.2. The van der Waals surface area contributed by atoms with Crippen LogP contribution in [0, 0.1) is 11.3 Å². The number of hydrogen-bond donors (Lipinski definition) is 2. The van der Waals surface area contributed by atoms with Crippen LogP contribution < -0.4 is 11.1 Å². The molecular formula is C19H25N5O3. The minimum atomic E-state index is -0.481. The van der Waals surface area contributed by atoms with E-state index in [2.05, 4.69) is 10.2 Å². The summed E-state index contributed by atoms with van der Waals surface area (Å²) < 4.78 is 4.92. The van der Waals surface area contributed by atoms with Gasteiger partial charge in [-0.2, -0.15) is 5.26 Å². The Kier molecular flexibility index (Phi) is 7.79. The predicted octanol–water partition coefficient (Wildman–Crippen LogP) is 0.786. The number of hydrogen-bond acceptors (Lipinski definition) is 7. The number of rotatable bonds is 7. The van der Waals surface area contributed by atoms with Crippen LogP contribution in [0.2, 0.25) is 0 Å². The van der Waals surface area contributed by atoms with Crippen molar-refractivity contribution < 1.29 is 14.3 Å². The smallest absolute Gasteiger partial charge is 0.338 e. The Morgan fingerprint density at radius 1 is 1.26 bits per heavy atom. The lowest BCUT2D eigenvalue weighted by Gasteiger charge is -2.33. The number of benzene rings is 1. The lowest BCUT2D eigenvalue weighted by atomic mass is 10.2. The topological polar surface area (TPSA) is 112 Å². The molecule has 1 aromatic rings. The molecule has 1 aliphatic heterocycles. The Morgan fingerprint density at radius 2 is 1.93 bits per heavy atom. The van der Waals surface area contributed by atoms with Crippen LogP contribution in [0.25, 0.3) is 0 Å². The van der Waals surface area contributed by atoms with E-state index in [0.717, 1.165) is 32.7 Å². The first kappa shape index (κ1) is 20.4. The molecule has 3 N–H and O–H groups in total. The Bertz CT molecular complexity index is 716. The zero-order chi connectivity index (χ0) is 19.6. The van der Waals surface area contributed by atoms with Crippen molar-refractivity contribution in [3.63, 3.8) is 0 Å². The van der Waals surface area contributed by atoms with Gasteiger partial charge in [-0.05, 0) is 31.2 Å². The third-order valence-electron chi connectivity index (χ3n) is 4.18. The molecular weight excluding hydrogens is 346 g/mol. The molecule has 0 aromatic heterocycles. The number of amides is 1. The SMILES string of the molecule is CCOC(=O)c1ccc(NC(=O)/C(C#N)=C\N2CCN(CCN)CC2)cc1. The highest BCUT2D eigenvalue weighted by atomic mass is 16.5. The number of nitrogens with one attached hydrogen (secondary N) is 1. The maximum absolute atomic E-state index is 12.4. The van der Waals surface area contributed by atoms with Gasteiger partial charge in [-0.15, -0.1) is 0 Å². The van der Waals surface area contributed by atoms with Crippen LogP contribution >= 0.6 is 0 Å². The summed E-state index contributed by atoms with van der Waals surface area (Å²) >= 11 is 0. The summed E-state index contributed by atoms with van der Waals surface area (Å²) in [5, 5.41) is 12.0. The zero-order valence-corrected chi connectivity index (χ0v) is 15.5. The van der Waals surface area contributed by atoms with Gasteiger partial charge in [-0.25, -0.2) is 4.79 Å². The van der Waals surface area contributed by atoms with Gasteiger partial charge in [0.25, 0.3) is 5.91 Å². The zero-order valence-electron chi connectivity index (χ0n) is 15.5. The third-order valence-corrected chi connectivity index (χ3v) is 4.18. The largest absolute Gasteiger partial charge is 0.462 e.